The van der Waals surface area contributed by atoms with Gasteiger partial charge in [0.05, 0.1) is 25.6 Å². The number of imide groups is 1. The van der Waals surface area contributed by atoms with Gasteiger partial charge < -0.3 is 9.47 Å². The normalized spacial score (nSPS) is 20.6. The van der Waals surface area contributed by atoms with E-state index in [1.54, 1.807) is 36.4 Å². The zero-order valence-electron chi connectivity index (χ0n) is 16.2. The number of aryl methyl sites for hydroxylation is 1. The lowest BCUT2D eigenvalue weighted by Gasteiger charge is -2.23. The minimum atomic E-state index is -1.05. The van der Waals surface area contributed by atoms with Gasteiger partial charge in [-0.25, -0.2) is 9.69 Å². The van der Waals surface area contributed by atoms with Gasteiger partial charge in [0.15, 0.2) is 5.71 Å². The fourth-order valence-electron chi connectivity index (χ4n) is 3.65. The first kappa shape index (κ1) is 18.7. The molecule has 0 aromatic heterocycles. The van der Waals surface area contributed by atoms with E-state index in [2.05, 4.69) is 5.10 Å². The Bertz CT molecular complexity index is 1030. The Morgan fingerprint density at radius 1 is 1.00 bits per heavy atom. The average Bonchev–Trinajstić information content (AvgIpc) is 3.25. The maximum Gasteiger partial charge on any atom is 0.355 e. The third kappa shape index (κ3) is 2.84. The minimum Gasteiger partial charge on any atom is -0.495 e. The van der Waals surface area contributed by atoms with Crippen molar-refractivity contribution in [2.24, 2.45) is 11.0 Å². The molecule has 0 unspecified atom stereocenters. The van der Waals surface area contributed by atoms with E-state index in [1.165, 1.54) is 19.2 Å². The molecule has 2 aliphatic rings. The second kappa shape index (κ2) is 7.05. The van der Waals surface area contributed by atoms with Crippen LogP contribution in [0.3, 0.4) is 0 Å². The third-order valence-electron chi connectivity index (χ3n) is 5.07. The number of benzene rings is 2. The van der Waals surface area contributed by atoms with Crippen LogP contribution in [0, 0.1) is 12.8 Å². The first-order valence-corrected chi connectivity index (χ1v) is 9.01. The highest BCUT2D eigenvalue weighted by Crippen LogP contribution is 2.40. The van der Waals surface area contributed by atoms with Gasteiger partial charge in [-0.05, 0) is 31.2 Å². The molecular weight excluding hydrogens is 374 g/mol. The van der Waals surface area contributed by atoms with Crippen LogP contribution < -0.4 is 14.6 Å². The van der Waals surface area contributed by atoms with E-state index >= 15 is 0 Å². The predicted octanol–water partition coefficient (Wildman–Crippen LogP) is 1.91. The molecule has 0 N–H and O–H groups in total. The van der Waals surface area contributed by atoms with Crippen molar-refractivity contribution in [3.05, 3.63) is 54.1 Å². The van der Waals surface area contributed by atoms with Crippen molar-refractivity contribution in [2.45, 2.75) is 13.0 Å². The predicted molar refractivity (Wildman–Crippen MR) is 106 cm³/mol. The highest BCUT2D eigenvalue weighted by molar-refractivity contribution is 6.47. The lowest BCUT2D eigenvalue weighted by atomic mass is 9.97. The van der Waals surface area contributed by atoms with E-state index in [4.69, 9.17) is 9.47 Å². The van der Waals surface area contributed by atoms with Crippen LogP contribution in [0.1, 0.15) is 5.56 Å². The van der Waals surface area contributed by atoms with Crippen LogP contribution in [0.4, 0.5) is 11.4 Å². The van der Waals surface area contributed by atoms with Gasteiger partial charge in [0, 0.05) is 0 Å². The monoisotopic (exact) mass is 393 g/mol. The molecule has 2 aromatic rings. The fraction of sp³-hybridized carbons (Fsp3) is 0.238. The topological polar surface area (TPSA) is 88.5 Å². The second-order valence-electron chi connectivity index (χ2n) is 6.76. The fourth-order valence-corrected chi connectivity index (χ4v) is 3.65. The summed E-state index contributed by atoms with van der Waals surface area (Å²) in [5.74, 6) is -2.43. The smallest absolute Gasteiger partial charge is 0.355 e. The Labute approximate surface area is 167 Å². The van der Waals surface area contributed by atoms with Gasteiger partial charge in [-0.1, -0.05) is 29.8 Å². The average molecular weight is 393 g/mol. The molecule has 1 fully saturated rings. The van der Waals surface area contributed by atoms with Gasteiger partial charge in [-0.15, -0.1) is 0 Å². The van der Waals surface area contributed by atoms with Crippen molar-refractivity contribution >= 4 is 34.9 Å². The molecule has 2 heterocycles. The SMILES string of the molecule is COC(=O)C1=NN(c2ccc(C)cc2)[C@@H]2C(=O)N(c3ccccc3OC)C(=O)[C@H]12. The number of hydrazone groups is 1. The summed E-state index contributed by atoms with van der Waals surface area (Å²) >= 11 is 0. The zero-order valence-corrected chi connectivity index (χ0v) is 16.2. The molecule has 2 aliphatic heterocycles. The lowest BCUT2D eigenvalue weighted by Crippen LogP contribution is -2.39. The van der Waals surface area contributed by atoms with E-state index < -0.39 is 29.7 Å². The Balaban J connectivity index is 1.82. The van der Waals surface area contributed by atoms with Crippen molar-refractivity contribution in [1.82, 2.24) is 0 Å². The molecule has 2 amide bonds. The van der Waals surface area contributed by atoms with E-state index in [1.807, 2.05) is 19.1 Å². The third-order valence-corrected chi connectivity index (χ3v) is 5.07. The Kier molecular flexibility index (Phi) is 4.54. The van der Waals surface area contributed by atoms with E-state index in [0.717, 1.165) is 10.5 Å². The maximum atomic E-state index is 13.4. The number of nitrogens with zero attached hydrogens (tertiary/aromatic N) is 3. The molecule has 8 nitrogen and oxygen atoms in total. The molecule has 0 saturated carbocycles. The number of methoxy groups -OCH3 is 2. The van der Waals surface area contributed by atoms with Crippen molar-refractivity contribution in [1.29, 1.82) is 0 Å². The zero-order chi connectivity index (χ0) is 20.7. The van der Waals surface area contributed by atoms with Crippen molar-refractivity contribution in [3.8, 4) is 5.75 Å². The molecular formula is C21H19N3O5. The van der Waals surface area contributed by atoms with Crippen LogP contribution >= 0.6 is 0 Å². The number of anilines is 2. The Morgan fingerprint density at radius 3 is 2.34 bits per heavy atom. The quantitative estimate of drug-likeness (QED) is 0.582. The number of fused-ring (bicyclic) bond motifs is 1. The number of rotatable bonds is 4. The van der Waals surface area contributed by atoms with Gasteiger partial charge in [-0.3, -0.25) is 14.6 Å². The summed E-state index contributed by atoms with van der Waals surface area (Å²) in [4.78, 5) is 40.0. The number of ether oxygens (including phenoxy) is 2. The highest BCUT2D eigenvalue weighted by Gasteiger charge is 2.59. The number of hydrogen-bond acceptors (Lipinski definition) is 7. The van der Waals surface area contributed by atoms with E-state index in [9.17, 15) is 14.4 Å². The maximum absolute atomic E-state index is 13.4. The minimum absolute atomic E-state index is 0.0891. The molecule has 2 aromatic carbocycles. The van der Waals surface area contributed by atoms with Crippen molar-refractivity contribution in [2.75, 3.05) is 24.1 Å². The molecule has 2 atom stereocenters. The molecule has 4 rings (SSSR count). The molecule has 0 radical (unpaired) electrons. The van der Waals surface area contributed by atoms with Crippen molar-refractivity contribution in [3.63, 3.8) is 0 Å². The van der Waals surface area contributed by atoms with Gasteiger partial charge in [0.25, 0.3) is 5.91 Å². The second-order valence-corrected chi connectivity index (χ2v) is 6.76. The van der Waals surface area contributed by atoms with Gasteiger partial charge >= 0.3 is 5.97 Å². The first-order valence-electron chi connectivity index (χ1n) is 9.01. The molecule has 0 aliphatic carbocycles. The molecule has 1 saturated heterocycles. The summed E-state index contributed by atoms with van der Waals surface area (Å²) in [6.07, 6.45) is 0. The lowest BCUT2D eigenvalue weighted by molar-refractivity contribution is -0.133. The summed E-state index contributed by atoms with van der Waals surface area (Å²) < 4.78 is 10.1. The molecule has 0 spiro atoms. The number of hydrogen-bond donors (Lipinski definition) is 0. The number of carbonyl (C=O) groups excluding carboxylic acids is 3. The molecule has 8 heteroatoms. The Morgan fingerprint density at radius 2 is 1.69 bits per heavy atom. The van der Waals surface area contributed by atoms with E-state index in [0.29, 0.717) is 17.1 Å². The van der Waals surface area contributed by atoms with Crippen LogP contribution in [-0.2, 0) is 19.1 Å². The summed E-state index contributed by atoms with van der Waals surface area (Å²) in [5, 5.41) is 5.71. The number of esters is 1. The first-order chi connectivity index (χ1) is 14.0. The van der Waals surface area contributed by atoms with Crippen LogP contribution in [0.5, 0.6) is 5.75 Å². The van der Waals surface area contributed by atoms with Crippen LogP contribution in [0.15, 0.2) is 53.6 Å². The summed E-state index contributed by atoms with van der Waals surface area (Å²) in [5.41, 5.74) is 1.87. The highest BCUT2D eigenvalue weighted by atomic mass is 16.5. The van der Waals surface area contributed by atoms with Gasteiger partial charge in [0.2, 0.25) is 5.91 Å². The van der Waals surface area contributed by atoms with Crippen LogP contribution in [0.25, 0.3) is 0 Å². The van der Waals surface area contributed by atoms with Gasteiger partial charge in [-0.2, -0.15) is 5.10 Å². The Hall–Kier alpha value is -3.68. The molecule has 29 heavy (non-hydrogen) atoms. The number of para-hydroxylation sites is 2. The molecule has 0 bridgehead atoms. The van der Waals surface area contributed by atoms with Gasteiger partial charge in [0.1, 0.15) is 17.7 Å². The largest absolute Gasteiger partial charge is 0.495 e. The van der Waals surface area contributed by atoms with E-state index in [-0.39, 0.29) is 5.71 Å². The van der Waals surface area contributed by atoms with Crippen LogP contribution in [0.2, 0.25) is 0 Å². The van der Waals surface area contributed by atoms with Crippen molar-refractivity contribution < 1.29 is 23.9 Å². The number of amides is 2. The standard InChI is InChI=1S/C21H19N3O5/c1-12-8-10-13(11-9-12)24-18-16(17(22-24)21(27)29-3)19(25)23(20(18)26)14-6-4-5-7-15(14)28-2/h4-11,16,18H,1-3H3/t16-,18+/m1/s1. The summed E-state index contributed by atoms with van der Waals surface area (Å²) in [6.45, 7) is 1.94. The summed E-state index contributed by atoms with van der Waals surface area (Å²) in [7, 11) is 2.68. The molecule has 148 valence electrons. The summed E-state index contributed by atoms with van der Waals surface area (Å²) in [6, 6.07) is 13.1. The van der Waals surface area contributed by atoms with Crippen LogP contribution in [-0.4, -0.2) is 43.8 Å². The number of carbonyl (C=O) groups is 3.